The van der Waals surface area contributed by atoms with Crippen molar-refractivity contribution < 1.29 is 332 Å². The second-order valence-electron chi connectivity index (χ2n) is 22.0. The number of aromatic nitrogens is 1. The van der Waals surface area contributed by atoms with Gasteiger partial charge in [0.2, 0.25) is 0 Å². The summed E-state index contributed by atoms with van der Waals surface area (Å²) in [5.74, 6) is -255. The van der Waals surface area contributed by atoms with Crippen molar-refractivity contribution in [3.8, 4) is 0 Å². The van der Waals surface area contributed by atoms with E-state index in [0.717, 1.165) is 0 Å². The molecule has 0 aromatic carbocycles. The van der Waals surface area contributed by atoms with E-state index in [-0.39, 0.29) is 0 Å². The molecule has 0 saturated carbocycles. The molecule has 0 bridgehead atoms. The van der Waals surface area contributed by atoms with Crippen molar-refractivity contribution in [1.29, 1.82) is 0 Å². The molecule has 13 nitrogen and oxygen atoms in total. The number of nitrogens with zero attached hydrogens (tertiary/aromatic N) is 1. The third kappa shape index (κ3) is 14.2. The molecular formula is C37H5F68N5O8S4. The Morgan fingerprint density at radius 2 is 0.254 bits per heavy atom. The summed E-state index contributed by atoms with van der Waals surface area (Å²) in [7, 11) is -42.8. The first-order valence-electron chi connectivity index (χ1n) is 25.3. The van der Waals surface area contributed by atoms with Crippen molar-refractivity contribution in [3.63, 3.8) is 0 Å². The number of anilines is 4. The Balaban J connectivity index is 5.74. The van der Waals surface area contributed by atoms with E-state index in [1.54, 1.807) is 0 Å². The van der Waals surface area contributed by atoms with Gasteiger partial charge in [0.1, 0.15) is 0 Å². The first kappa shape index (κ1) is 113. The predicted molar refractivity (Wildman–Crippen MR) is 237 cm³/mol. The largest absolute Gasteiger partial charge is 0.460 e. The summed E-state index contributed by atoms with van der Waals surface area (Å²) in [6.45, 7) is 0. The van der Waals surface area contributed by atoms with E-state index in [4.69, 9.17) is 0 Å². The molecular weight excluding hydrogens is 2060 g/mol. The van der Waals surface area contributed by atoms with E-state index in [0.29, 0.717) is 4.98 Å². The van der Waals surface area contributed by atoms with Crippen LogP contribution in [0.15, 0.2) is 6.07 Å². The van der Waals surface area contributed by atoms with Crippen molar-refractivity contribution in [2.24, 2.45) is 0 Å². The molecule has 0 aliphatic heterocycles. The fourth-order valence-electron chi connectivity index (χ4n) is 6.90. The normalized spacial score (nSPS) is 17.0. The highest BCUT2D eigenvalue weighted by atomic mass is 32.2. The maximum absolute atomic E-state index is 15.4. The molecule has 4 N–H and O–H groups in total. The molecule has 85 heteroatoms. The average Bonchev–Trinajstić information content (AvgIpc) is 0.700. The molecule has 1 aromatic heterocycles. The zero-order valence-corrected chi connectivity index (χ0v) is 54.9. The lowest BCUT2D eigenvalue weighted by molar-refractivity contribution is -0.458. The summed E-state index contributed by atoms with van der Waals surface area (Å²) in [5, 5.41) is -40.6. The second-order valence-corrected chi connectivity index (χ2v) is 28.9. The molecule has 0 amide bonds. The van der Waals surface area contributed by atoms with Crippen molar-refractivity contribution in [2.75, 3.05) is 18.9 Å². The van der Waals surface area contributed by atoms with Gasteiger partial charge in [-0.25, -0.2) is 4.98 Å². The molecule has 0 aliphatic rings. The zero-order chi connectivity index (χ0) is 101. The van der Waals surface area contributed by atoms with Crippen LogP contribution in [0.1, 0.15) is 0 Å². The van der Waals surface area contributed by atoms with Crippen LogP contribution >= 0.6 is 0 Å². The SMILES string of the molecule is O=S(=O)(Nc1cc(NS(=O)(=O)C(F)(F)C(F)(F)C(F)(F)C(F)(F)C(F)(F)C(F)(F)C(F)(F)C(F)(F)F)c(NS(=O)(=O)C(F)(F)C(F)(F)C(F)(F)C(F)(F)C(F)(F)C(F)(F)C(F)(F)C(F)(F)F)nc1NS(=O)(=O)C(F)(F)C(F)(F)C(F)(F)C(F)(F)C(F)(F)C(F)(F)C(F)(F)C(F)(F)F)C(F)(F)C(F)(F)C(F)(F)C(F)(F)C(F)(F)C(F)(F)C(F)(F)C(F)(F)F. The van der Waals surface area contributed by atoms with Crippen molar-refractivity contribution in [1.82, 2.24) is 4.98 Å². The molecule has 0 unspecified atom stereocenters. The smallest absolute Gasteiger partial charge is 0.274 e. The molecule has 1 heterocycles. The van der Waals surface area contributed by atoms with Crippen LogP contribution in [-0.4, -0.2) is 227 Å². The van der Waals surface area contributed by atoms with Crippen molar-refractivity contribution in [3.05, 3.63) is 6.07 Å². The van der Waals surface area contributed by atoms with Gasteiger partial charge in [-0.15, -0.1) is 0 Å². The Morgan fingerprint density at radius 3 is 0.369 bits per heavy atom. The number of sulfonamides is 4. The molecule has 1 rings (SSSR count). The Hall–Kier alpha value is -6.61. The monoisotopic (exact) mass is 2070 g/mol. The molecule has 0 saturated heterocycles. The number of hydrogen-bond acceptors (Lipinski definition) is 9. The molecule has 0 radical (unpaired) electrons. The number of nitrogens with one attached hydrogen (secondary N) is 4. The van der Waals surface area contributed by atoms with Crippen LogP contribution in [0.4, 0.5) is 322 Å². The van der Waals surface area contributed by atoms with Crippen LogP contribution in [0.2, 0.25) is 0 Å². The quantitative estimate of drug-likeness (QED) is 0.0472. The Kier molecular flexibility index (Phi) is 26.4. The van der Waals surface area contributed by atoms with Gasteiger partial charge in [-0.2, -0.15) is 332 Å². The van der Waals surface area contributed by atoms with Gasteiger partial charge in [0, 0.05) is 0 Å². The van der Waals surface area contributed by atoms with Gasteiger partial charge < -0.3 is 0 Å². The minimum atomic E-state index is -10.7. The summed E-state index contributed by atoms with van der Waals surface area (Å²) < 4.78 is 1050. The van der Waals surface area contributed by atoms with Gasteiger partial charge in [0.05, 0.1) is 11.4 Å². The van der Waals surface area contributed by atoms with E-state index in [9.17, 15) is 262 Å². The van der Waals surface area contributed by atoms with Crippen molar-refractivity contribution >= 4 is 63.1 Å². The zero-order valence-electron chi connectivity index (χ0n) is 51.6. The Bertz CT molecular complexity index is 3980. The first-order valence-corrected chi connectivity index (χ1v) is 31.3. The summed E-state index contributed by atoms with van der Waals surface area (Å²) >= 11 is 0. The maximum atomic E-state index is 15.4. The summed E-state index contributed by atoms with van der Waals surface area (Å²) in [4.78, 5) is 0.464. The topological polar surface area (TPSA) is 198 Å². The van der Waals surface area contributed by atoms with Crippen LogP contribution in [-0.2, 0) is 40.1 Å². The highest BCUT2D eigenvalue weighted by molar-refractivity contribution is 7.95. The van der Waals surface area contributed by atoms with E-state index < -0.39 is 276 Å². The molecule has 122 heavy (non-hydrogen) atoms. The minimum Gasteiger partial charge on any atom is -0.274 e. The molecule has 0 aliphatic carbocycles. The second kappa shape index (κ2) is 28.4. The Morgan fingerprint density at radius 1 is 0.156 bits per heavy atom. The Labute approximate surface area is 613 Å². The number of pyridine rings is 1. The third-order valence-corrected chi connectivity index (χ3v) is 19.7. The van der Waals surface area contributed by atoms with E-state index in [1.807, 2.05) is 0 Å². The van der Waals surface area contributed by atoms with Gasteiger partial charge in [-0.3, -0.25) is 18.9 Å². The summed E-state index contributed by atoms with van der Waals surface area (Å²) in [6.07, 6.45) is -35.5. The van der Waals surface area contributed by atoms with E-state index in [1.165, 1.54) is 0 Å². The lowest BCUT2D eigenvalue weighted by Crippen LogP contribution is -2.75. The highest BCUT2D eigenvalue weighted by Gasteiger charge is 3.02. The number of rotatable bonds is 36. The third-order valence-electron chi connectivity index (χ3n) is 14.1. The van der Waals surface area contributed by atoms with Gasteiger partial charge in [0.25, 0.3) is 0 Å². The predicted octanol–water partition coefficient (Wildman–Crippen LogP) is 19.9. The maximum Gasteiger partial charge on any atom is 0.460 e. The summed E-state index contributed by atoms with van der Waals surface area (Å²) in [5.41, 5.74) is -10.8. The van der Waals surface area contributed by atoms with E-state index in [2.05, 4.69) is 0 Å². The van der Waals surface area contributed by atoms with Crippen LogP contribution < -0.4 is 18.9 Å². The van der Waals surface area contributed by atoms with Crippen LogP contribution in [0.25, 0.3) is 0 Å². The molecule has 0 spiro atoms. The van der Waals surface area contributed by atoms with Crippen LogP contribution in [0, 0.1) is 0 Å². The number of alkyl halides is 68. The van der Waals surface area contributed by atoms with Crippen LogP contribution in [0.3, 0.4) is 0 Å². The number of hydrogen-bond donors (Lipinski definition) is 4. The van der Waals surface area contributed by atoms with Gasteiger partial charge >= 0.3 is 228 Å². The molecule has 0 atom stereocenters. The molecule has 726 valence electrons. The average molecular weight is 2070 g/mol. The fraction of sp³-hybridized carbons (Fsp3) is 0.865. The highest BCUT2D eigenvalue weighted by Crippen LogP contribution is 2.71. The molecule has 1 aromatic rings. The van der Waals surface area contributed by atoms with E-state index >= 15 is 70.2 Å². The molecule has 0 fully saturated rings. The summed E-state index contributed by atoms with van der Waals surface area (Å²) in [6, 6.07) is -3.49. The standard InChI is InChI=1S/C37H5F68N5O8S4/c38-6(39,14(54,55)22(70,71)30(86,87)88)10(46,47)18(62,63)26(78,79)34(98,99)119(111,112)107-2-1-3(108-120(113,114)35(100,101)27(80,81)19(64,65)11(48,49)7(40,41)15(56,57)23(72,73)31(89,90)91)5(110-122(117,118)37(104,105)29(84,85)21(68,69)13(52,53)9(44,45)17(60,61)25(76,77)33(95,96)97)106-4(2)109-121(115,116)36(102,103)28(82,83)20(66,67)12(50,51)8(42,43)16(58,59)24(74,75)32(92,93)94/h1,107-108H,(H2,106,109,110). The number of halogens is 68. The lowest BCUT2D eigenvalue weighted by Gasteiger charge is -2.42. The first-order chi connectivity index (χ1) is 51.3. The van der Waals surface area contributed by atoms with Gasteiger partial charge in [-0.05, 0) is 6.07 Å². The fourth-order valence-corrected chi connectivity index (χ4v) is 11.0. The lowest BCUT2D eigenvalue weighted by atomic mass is 9.91. The minimum absolute atomic E-state index is 0.464. The van der Waals surface area contributed by atoms with Crippen LogP contribution in [0.5, 0.6) is 0 Å². The van der Waals surface area contributed by atoms with Gasteiger partial charge in [0.15, 0.2) is 11.6 Å². The van der Waals surface area contributed by atoms with Crippen molar-refractivity contribution in [2.45, 2.75) is 188 Å². The van der Waals surface area contributed by atoms with Gasteiger partial charge in [-0.1, -0.05) is 0 Å².